The molecule has 7 heteroatoms. The summed E-state index contributed by atoms with van der Waals surface area (Å²) in [5, 5.41) is 1.99. The third-order valence-corrected chi connectivity index (χ3v) is 6.13. The van der Waals surface area contributed by atoms with Gasteiger partial charge in [0.05, 0.1) is 10.9 Å². The van der Waals surface area contributed by atoms with Crippen molar-refractivity contribution < 1.29 is 12.8 Å². The number of rotatable bonds is 8. The summed E-state index contributed by atoms with van der Waals surface area (Å²) < 4.78 is 40.3. The van der Waals surface area contributed by atoms with Gasteiger partial charge in [0.25, 0.3) is 0 Å². The number of benzene rings is 1. The molecule has 0 aliphatic heterocycles. The van der Waals surface area contributed by atoms with Crippen LogP contribution in [-0.4, -0.2) is 33.0 Å². The zero-order valence-corrected chi connectivity index (χ0v) is 14.8. The minimum Gasteiger partial charge on any atom is -0.295 e. The molecular weight excluding hydrogens is 335 g/mol. The van der Waals surface area contributed by atoms with Crippen molar-refractivity contribution >= 4 is 21.4 Å². The molecule has 1 unspecified atom stereocenters. The molecule has 0 fully saturated rings. The van der Waals surface area contributed by atoms with E-state index in [0.29, 0.717) is 0 Å². The predicted octanol–water partition coefficient (Wildman–Crippen LogP) is 3.25. The van der Waals surface area contributed by atoms with Crippen LogP contribution < -0.4 is 4.72 Å². The largest absolute Gasteiger partial charge is 0.295 e. The van der Waals surface area contributed by atoms with Crippen LogP contribution in [0, 0.1) is 5.82 Å². The zero-order valence-electron chi connectivity index (χ0n) is 13.2. The second kappa shape index (κ2) is 8.01. The van der Waals surface area contributed by atoms with E-state index in [1.54, 1.807) is 11.3 Å². The van der Waals surface area contributed by atoms with Gasteiger partial charge in [0.2, 0.25) is 10.0 Å². The average Bonchev–Trinajstić information content (AvgIpc) is 3.06. The van der Waals surface area contributed by atoms with Crippen LogP contribution in [0.4, 0.5) is 4.39 Å². The van der Waals surface area contributed by atoms with Crippen LogP contribution in [-0.2, 0) is 10.0 Å². The van der Waals surface area contributed by atoms with Gasteiger partial charge in [-0.3, -0.25) is 4.90 Å². The lowest BCUT2D eigenvalue weighted by Crippen LogP contribution is -2.37. The fourth-order valence-electron chi connectivity index (χ4n) is 2.44. The molecule has 0 bridgehead atoms. The zero-order chi connectivity index (χ0) is 16.9. The summed E-state index contributed by atoms with van der Waals surface area (Å²) >= 11 is 1.61. The van der Waals surface area contributed by atoms with Crippen molar-refractivity contribution in [3.05, 3.63) is 52.5 Å². The van der Waals surface area contributed by atoms with E-state index in [4.69, 9.17) is 0 Å². The lowest BCUT2D eigenvalue weighted by atomic mass is 10.2. The Bertz CT molecular complexity index is 696. The summed E-state index contributed by atoms with van der Waals surface area (Å²) in [6.07, 6.45) is 0. The van der Waals surface area contributed by atoms with Crippen molar-refractivity contribution in [2.24, 2.45) is 0 Å². The molecule has 1 aromatic heterocycles. The molecule has 0 spiro atoms. The summed E-state index contributed by atoms with van der Waals surface area (Å²) in [7, 11) is -3.65. The maximum atomic E-state index is 13.0. The first-order valence-corrected chi connectivity index (χ1v) is 9.87. The van der Waals surface area contributed by atoms with Gasteiger partial charge in [0, 0.05) is 11.4 Å². The van der Waals surface area contributed by atoms with Crippen molar-refractivity contribution in [3.63, 3.8) is 0 Å². The molecule has 0 saturated carbocycles. The van der Waals surface area contributed by atoms with Crippen molar-refractivity contribution in [2.75, 3.05) is 19.6 Å². The number of halogens is 1. The molecule has 23 heavy (non-hydrogen) atoms. The fraction of sp³-hybridized carbons (Fsp3) is 0.375. The Morgan fingerprint density at radius 2 is 1.83 bits per heavy atom. The highest BCUT2D eigenvalue weighted by Crippen LogP contribution is 2.25. The topological polar surface area (TPSA) is 49.4 Å². The summed E-state index contributed by atoms with van der Waals surface area (Å²) in [4.78, 5) is 3.40. The quantitative estimate of drug-likeness (QED) is 0.790. The molecule has 0 aliphatic rings. The lowest BCUT2D eigenvalue weighted by Gasteiger charge is -2.29. The third kappa shape index (κ3) is 4.60. The molecule has 1 atom stereocenters. The molecule has 1 aromatic carbocycles. The van der Waals surface area contributed by atoms with Crippen molar-refractivity contribution in [1.29, 1.82) is 0 Å². The predicted molar refractivity (Wildman–Crippen MR) is 91.6 cm³/mol. The summed E-state index contributed by atoms with van der Waals surface area (Å²) in [5.41, 5.74) is 0. The standard InChI is InChI=1S/C16H21FN2O2S2/c1-3-19(4-2)15(16-6-5-11-22-16)12-18-23(20,21)14-9-7-13(17)8-10-14/h5-11,15,18H,3-4,12H2,1-2H3. The van der Waals surface area contributed by atoms with Crippen molar-refractivity contribution in [2.45, 2.75) is 24.8 Å². The van der Waals surface area contributed by atoms with E-state index in [1.807, 2.05) is 17.5 Å². The number of hydrogen-bond acceptors (Lipinski definition) is 4. The van der Waals surface area contributed by atoms with Crippen LogP contribution in [0.2, 0.25) is 0 Å². The second-order valence-electron chi connectivity index (χ2n) is 5.06. The third-order valence-electron chi connectivity index (χ3n) is 3.72. The smallest absolute Gasteiger partial charge is 0.240 e. The Morgan fingerprint density at radius 1 is 1.17 bits per heavy atom. The minimum absolute atomic E-state index is 0.0137. The Hall–Kier alpha value is -1.28. The number of thiophene rings is 1. The van der Waals surface area contributed by atoms with Gasteiger partial charge in [0.1, 0.15) is 5.82 Å². The minimum atomic E-state index is -3.65. The maximum absolute atomic E-state index is 13.0. The second-order valence-corrected chi connectivity index (χ2v) is 7.80. The van der Waals surface area contributed by atoms with Gasteiger partial charge in [-0.05, 0) is 48.8 Å². The Balaban J connectivity index is 2.16. The molecule has 126 valence electrons. The Labute approximate surface area is 141 Å². The Morgan fingerprint density at radius 3 is 2.35 bits per heavy atom. The van der Waals surface area contributed by atoms with E-state index in [0.717, 1.165) is 30.1 Å². The van der Waals surface area contributed by atoms with Crippen LogP contribution in [0.15, 0.2) is 46.7 Å². The van der Waals surface area contributed by atoms with E-state index in [9.17, 15) is 12.8 Å². The van der Waals surface area contributed by atoms with Gasteiger partial charge < -0.3 is 0 Å². The van der Waals surface area contributed by atoms with Crippen LogP contribution in [0.1, 0.15) is 24.8 Å². The molecule has 0 saturated heterocycles. The monoisotopic (exact) mass is 356 g/mol. The highest BCUT2D eigenvalue weighted by Gasteiger charge is 2.22. The van der Waals surface area contributed by atoms with Crippen LogP contribution in [0.5, 0.6) is 0 Å². The number of nitrogens with zero attached hydrogens (tertiary/aromatic N) is 1. The van der Waals surface area contributed by atoms with Crippen LogP contribution in [0.3, 0.4) is 0 Å². The molecule has 0 amide bonds. The fourth-order valence-corrected chi connectivity index (χ4v) is 4.34. The highest BCUT2D eigenvalue weighted by molar-refractivity contribution is 7.89. The molecule has 1 heterocycles. The highest BCUT2D eigenvalue weighted by atomic mass is 32.2. The van der Waals surface area contributed by atoms with Crippen molar-refractivity contribution in [3.8, 4) is 0 Å². The first kappa shape index (κ1) is 18.1. The first-order valence-electron chi connectivity index (χ1n) is 7.50. The normalized spacial score (nSPS) is 13.4. The number of nitrogens with one attached hydrogen (secondary N) is 1. The molecular formula is C16H21FN2O2S2. The molecule has 4 nitrogen and oxygen atoms in total. The van der Waals surface area contributed by atoms with E-state index >= 15 is 0 Å². The van der Waals surface area contributed by atoms with E-state index in [1.165, 1.54) is 12.1 Å². The van der Waals surface area contributed by atoms with Crippen LogP contribution in [0.25, 0.3) is 0 Å². The number of likely N-dealkylation sites (N-methyl/N-ethyl adjacent to an activating group) is 1. The van der Waals surface area contributed by atoms with E-state index < -0.39 is 15.8 Å². The van der Waals surface area contributed by atoms with E-state index in [2.05, 4.69) is 23.5 Å². The summed E-state index contributed by atoms with van der Waals surface area (Å²) in [6, 6.07) is 8.81. The first-order chi connectivity index (χ1) is 11.0. The SMILES string of the molecule is CCN(CC)C(CNS(=O)(=O)c1ccc(F)cc1)c1cccs1. The van der Waals surface area contributed by atoms with Gasteiger partial charge >= 0.3 is 0 Å². The van der Waals surface area contributed by atoms with Gasteiger partial charge in [-0.1, -0.05) is 19.9 Å². The molecule has 1 N–H and O–H groups in total. The Kier molecular flexibility index (Phi) is 6.29. The van der Waals surface area contributed by atoms with E-state index in [-0.39, 0.29) is 17.5 Å². The van der Waals surface area contributed by atoms with Gasteiger partial charge in [-0.2, -0.15) is 0 Å². The van der Waals surface area contributed by atoms with Gasteiger partial charge in [0.15, 0.2) is 0 Å². The van der Waals surface area contributed by atoms with Gasteiger partial charge in [-0.15, -0.1) is 11.3 Å². The molecule has 2 aromatic rings. The van der Waals surface area contributed by atoms with Crippen molar-refractivity contribution in [1.82, 2.24) is 9.62 Å². The molecule has 2 rings (SSSR count). The summed E-state index contributed by atoms with van der Waals surface area (Å²) in [5.74, 6) is -0.455. The van der Waals surface area contributed by atoms with Crippen LogP contribution >= 0.6 is 11.3 Å². The molecule has 0 radical (unpaired) electrons. The summed E-state index contributed by atoms with van der Waals surface area (Å²) in [6.45, 7) is 6.05. The average molecular weight is 356 g/mol. The lowest BCUT2D eigenvalue weighted by molar-refractivity contribution is 0.223. The maximum Gasteiger partial charge on any atom is 0.240 e. The number of hydrogen-bond donors (Lipinski definition) is 1. The molecule has 0 aliphatic carbocycles. The number of sulfonamides is 1. The van der Waals surface area contributed by atoms with Gasteiger partial charge in [-0.25, -0.2) is 17.5 Å².